The fraction of sp³-hybridized carbons (Fsp3) is 0.250. The van der Waals surface area contributed by atoms with Crippen molar-refractivity contribution in [1.29, 1.82) is 0 Å². The smallest absolute Gasteiger partial charge is 0.135 e. The van der Waals surface area contributed by atoms with Gasteiger partial charge in [-0.15, -0.1) is 0 Å². The lowest BCUT2D eigenvalue weighted by atomic mass is 9.96. The normalized spacial score (nSPS) is 13.6. The largest absolute Gasteiger partial charge is 0.495 e. The van der Waals surface area contributed by atoms with Crippen LogP contribution in [0.2, 0.25) is 0 Å². The number of rotatable bonds is 5. The molecule has 0 aromatic heterocycles. The predicted octanol–water partition coefficient (Wildman–Crippen LogP) is 4.54. The van der Waals surface area contributed by atoms with E-state index in [0.717, 1.165) is 25.9 Å². The Hall–Kier alpha value is -1.04. The van der Waals surface area contributed by atoms with Crippen LogP contribution in [0.3, 0.4) is 0 Å². The maximum Gasteiger partial charge on any atom is 0.135 e. The molecule has 0 saturated carbocycles. The van der Waals surface area contributed by atoms with E-state index >= 15 is 0 Å². The van der Waals surface area contributed by atoms with Gasteiger partial charge in [-0.25, -0.2) is 0 Å². The van der Waals surface area contributed by atoms with Crippen LogP contribution in [0.5, 0.6) is 5.75 Å². The fourth-order valence-electron chi connectivity index (χ4n) is 1.99. The maximum atomic E-state index is 10.6. The van der Waals surface area contributed by atoms with E-state index in [-0.39, 0.29) is 0 Å². The second-order valence-electron chi connectivity index (χ2n) is 4.96. The van der Waals surface area contributed by atoms with Crippen molar-refractivity contribution >= 4 is 37.5 Å². The monoisotopic (exact) mass is 413 g/mol. The molecule has 3 nitrogen and oxygen atoms in total. The Morgan fingerprint density at radius 3 is 2.43 bits per heavy atom. The number of benzene rings is 2. The highest BCUT2D eigenvalue weighted by Crippen LogP contribution is 2.35. The van der Waals surface area contributed by atoms with E-state index in [1.165, 1.54) is 0 Å². The van der Waals surface area contributed by atoms with Gasteiger partial charge in [0.25, 0.3) is 0 Å². The van der Waals surface area contributed by atoms with Gasteiger partial charge in [0.2, 0.25) is 0 Å². The van der Waals surface area contributed by atoms with E-state index in [0.29, 0.717) is 6.54 Å². The zero-order valence-electron chi connectivity index (χ0n) is 11.9. The van der Waals surface area contributed by atoms with Gasteiger partial charge >= 0.3 is 0 Å². The van der Waals surface area contributed by atoms with Gasteiger partial charge in [-0.05, 0) is 50.4 Å². The molecule has 5 heteroatoms. The molecule has 0 bridgehead atoms. The van der Waals surface area contributed by atoms with E-state index < -0.39 is 5.60 Å². The van der Waals surface area contributed by atoms with Gasteiger partial charge in [-0.3, -0.25) is 0 Å². The third-order valence-electron chi connectivity index (χ3n) is 3.26. The number of hydrogen-bond acceptors (Lipinski definition) is 3. The highest BCUT2D eigenvalue weighted by molar-refractivity contribution is 9.11. The van der Waals surface area contributed by atoms with Gasteiger partial charge < -0.3 is 15.2 Å². The third kappa shape index (κ3) is 3.99. The summed E-state index contributed by atoms with van der Waals surface area (Å²) >= 11 is 6.94. The van der Waals surface area contributed by atoms with Gasteiger partial charge in [0.05, 0.1) is 17.3 Å². The summed E-state index contributed by atoms with van der Waals surface area (Å²) in [4.78, 5) is 0. The van der Waals surface area contributed by atoms with Crippen LogP contribution in [-0.2, 0) is 5.60 Å². The van der Waals surface area contributed by atoms with Crippen LogP contribution >= 0.6 is 31.9 Å². The summed E-state index contributed by atoms with van der Waals surface area (Å²) in [7, 11) is 1.62. The van der Waals surface area contributed by atoms with E-state index in [2.05, 4.69) is 37.2 Å². The lowest BCUT2D eigenvalue weighted by Crippen LogP contribution is -2.30. The number of anilines is 1. The van der Waals surface area contributed by atoms with Crippen molar-refractivity contribution in [3.05, 3.63) is 57.0 Å². The van der Waals surface area contributed by atoms with Crippen molar-refractivity contribution in [1.82, 2.24) is 0 Å². The molecule has 0 spiro atoms. The van der Waals surface area contributed by atoms with Crippen molar-refractivity contribution in [2.75, 3.05) is 19.0 Å². The van der Waals surface area contributed by atoms with Gasteiger partial charge in [-0.1, -0.05) is 30.3 Å². The number of hydrogen-bond donors (Lipinski definition) is 2. The summed E-state index contributed by atoms with van der Waals surface area (Å²) in [5.41, 5.74) is 0.782. The first-order valence-electron chi connectivity index (χ1n) is 6.49. The number of nitrogens with one attached hydrogen (secondary N) is 1. The maximum absolute atomic E-state index is 10.6. The summed E-state index contributed by atoms with van der Waals surface area (Å²) in [5.74, 6) is 0.736. The molecule has 0 aliphatic heterocycles. The van der Waals surface area contributed by atoms with Crippen molar-refractivity contribution in [2.45, 2.75) is 12.5 Å². The summed E-state index contributed by atoms with van der Waals surface area (Å²) < 4.78 is 7.06. The Morgan fingerprint density at radius 1 is 1.14 bits per heavy atom. The van der Waals surface area contributed by atoms with Gasteiger partial charge in [0.1, 0.15) is 11.4 Å². The topological polar surface area (TPSA) is 41.5 Å². The number of methoxy groups -OCH3 is 1. The summed E-state index contributed by atoms with van der Waals surface area (Å²) in [6.07, 6.45) is 0. The van der Waals surface area contributed by atoms with Gasteiger partial charge in [0, 0.05) is 17.1 Å². The zero-order valence-corrected chi connectivity index (χ0v) is 15.0. The number of halogens is 2. The molecular formula is C16H17Br2NO2. The average Bonchev–Trinajstić information content (AvgIpc) is 2.47. The SMILES string of the molecule is COc1cc(NCC(C)(O)c2ccccc2)c(Br)cc1Br. The Morgan fingerprint density at radius 2 is 1.81 bits per heavy atom. The molecule has 0 aliphatic carbocycles. The van der Waals surface area contributed by atoms with E-state index in [4.69, 9.17) is 4.74 Å². The zero-order chi connectivity index (χ0) is 15.5. The van der Waals surface area contributed by atoms with E-state index in [9.17, 15) is 5.11 Å². The first-order chi connectivity index (χ1) is 9.94. The van der Waals surface area contributed by atoms with E-state index in [1.54, 1.807) is 14.0 Å². The second-order valence-corrected chi connectivity index (χ2v) is 6.67. The average molecular weight is 415 g/mol. The van der Waals surface area contributed by atoms with Crippen molar-refractivity contribution < 1.29 is 9.84 Å². The molecule has 2 aromatic rings. The van der Waals surface area contributed by atoms with Crippen molar-refractivity contribution in [2.24, 2.45) is 0 Å². The molecule has 112 valence electrons. The Bertz CT molecular complexity index is 615. The minimum atomic E-state index is -0.957. The summed E-state index contributed by atoms with van der Waals surface area (Å²) in [6.45, 7) is 2.18. The first kappa shape index (κ1) is 16.3. The van der Waals surface area contributed by atoms with Crippen LogP contribution in [-0.4, -0.2) is 18.8 Å². The van der Waals surface area contributed by atoms with Crippen LogP contribution in [0.25, 0.3) is 0 Å². The number of ether oxygens (including phenoxy) is 1. The van der Waals surface area contributed by atoms with Crippen LogP contribution in [0, 0.1) is 0 Å². The molecule has 0 heterocycles. The first-order valence-corrected chi connectivity index (χ1v) is 8.07. The molecule has 0 fully saturated rings. The molecule has 0 saturated heterocycles. The van der Waals surface area contributed by atoms with Crippen LogP contribution in [0.1, 0.15) is 12.5 Å². The molecule has 2 N–H and O–H groups in total. The van der Waals surface area contributed by atoms with Crippen molar-refractivity contribution in [3.63, 3.8) is 0 Å². The molecule has 1 atom stereocenters. The molecule has 0 amide bonds. The lowest BCUT2D eigenvalue weighted by Gasteiger charge is -2.25. The van der Waals surface area contributed by atoms with Gasteiger partial charge in [-0.2, -0.15) is 0 Å². The van der Waals surface area contributed by atoms with Gasteiger partial charge in [0.15, 0.2) is 0 Å². The molecule has 0 radical (unpaired) electrons. The standard InChI is InChI=1S/C16H17Br2NO2/c1-16(20,11-6-4-3-5-7-11)10-19-14-9-15(21-2)13(18)8-12(14)17/h3-9,19-20H,10H2,1-2H3. The highest BCUT2D eigenvalue weighted by atomic mass is 79.9. The minimum absolute atomic E-state index is 0.389. The minimum Gasteiger partial charge on any atom is -0.495 e. The molecule has 0 aliphatic rings. The second kappa shape index (κ2) is 6.81. The summed E-state index contributed by atoms with van der Waals surface area (Å²) in [6, 6.07) is 13.4. The van der Waals surface area contributed by atoms with Crippen LogP contribution < -0.4 is 10.1 Å². The fourth-order valence-corrected chi connectivity index (χ4v) is 3.28. The Kier molecular flexibility index (Phi) is 5.30. The van der Waals surface area contributed by atoms with Crippen molar-refractivity contribution in [3.8, 4) is 5.75 Å². The number of aliphatic hydroxyl groups is 1. The highest BCUT2D eigenvalue weighted by Gasteiger charge is 2.23. The van der Waals surface area contributed by atoms with Crippen LogP contribution in [0.4, 0.5) is 5.69 Å². The quantitative estimate of drug-likeness (QED) is 0.754. The lowest BCUT2D eigenvalue weighted by molar-refractivity contribution is 0.0715. The molecule has 2 rings (SSSR count). The summed E-state index contributed by atoms with van der Waals surface area (Å²) in [5, 5.41) is 13.9. The van der Waals surface area contributed by atoms with E-state index in [1.807, 2.05) is 42.5 Å². The molecule has 2 aromatic carbocycles. The molecule has 1 unspecified atom stereocenters. The molecule has 21 heavy (non-hydrogen) atoms. The molecular weight excluding hydrogens is 398 g/mol. The Balaban J connectivity index is 2.16. The van der Waals surface area contributed by atoms with Crippen LogP contribution in [0.15, 0.2) is 51.4 Å². The Labute approximate surface area is 141 Å². The third-order valence-corrected chi connectivity index (χ3v) is 4.54. The predicted molar refractivity (Wildman–Crippen MR) is 92.9 cm³/mol.